The second kappa shape index (κ2) is 2.02. The first-order valence-corrected chi connectivity index (χ1v) is 1.07. The Morgan fingerprint density at radius 1 is 1.17 bits per heavy atom. The Kier molecular flexibility index (Phi) is 3.11. The molecule has 1 nitrogen and oxygen atoms in total. The van der Waals surface area contributed by atoms with E-state index in [0.29, 0.717) is 0 Å². The van der Waals surface area contributed by atoms with Crippen LogP contribution < -0.4 is 0 Å². The molecule has 0 radical (unpaired) electrons. The third-order valence-corrected chi connectivity index (χ3v) is 0. The molecule has 6 heavy (non-hydrogen) atoms. The number of alkyl halides is 3. The number of hydrogen-bond donors (Lipinski definition) is 0. The van der Waals surface area contributed by atoms with Gasteiger partial charge in [-0.25, -0.2) is 0 Å². The summed E-state index contributed by atoms with van der Waals surface area (Å²) < 4.78 is 31.1. The molecule has 40 valence electrons. The van der Waals surface area contributed by atoms with Gasteiger partial charge in [0.2, 0.25) is 0 Å². The van der Waals surface area contributed by atoms with Crippen molar-refractivity contribution in [2.75, 3.05) is 0 Å². The van der Waals surface area contributed by atoms with Gasteiger partial charge >= 0.3 is 6.18 Å². The zero-order chi connectivity index (χ0) is 4.50. The van der Waals surface area contributed by atoms with E-state index in [1.54, 1.807) is 0 Å². The van der Waals surface area contributed by atoms with Gasteiger partial charge in [0.15, 0.2) is 0 Å². The molecule has 0 aromatic heterocycles. The van der Waals surface area contributed by atoms with Crippen LogP contribution in [-0.2, 0) is 0 Å². The van der Waals surface area contributed by atoms with E-state index in [1.807, 2.05) is 0 Å². The van der Waals surface area contributed by atoms with Gasteiger partial charge in [-0.3, -0.25) is 0 Å². The van der Waals surface area contributed by atoms with Crippen molar-refractivity contribution in [3.63, 3.8) is 0 Å². The van der Waals surface area contributed by atoms with Crippen LogP contribution >= 0.6 is 0 Å². The minimum absolute atomic E-state index is 0. The van der Waals surface area contributed by atoms with Crippen molar-refractivity contribution in [3.05, 3.63) is 0 Å². The highest BCUT2D eigenvalue weighted by atomic mass is 19.4. The summed E-state index contributed by atoms with van der Waals surface area (Å²) in [6.45, 7) is 0.188. The van der Waals surface area contributed by atoms with Gasteiger partial charge in [-0.15, -0.1) is 0 Å². The monoisotopic (exact) mass is 102 g/mol. The van der Waals surface area contributed by atoms with Gasteiger partial charge in [-0.05, 0) is 0 Å². The normalized spacial score (nSPS) is 10.0. The van der Waals surface area contributed by atoms with Gasteiger partial charge < -0.3 is 5.48 Å². The SMILES string of the molecule is CC(F)(F)F.O. The van der Waals surface area contributed by atoms with E-state index in [-0.39, 0.29) is 12.4 Å². The maximum absolute atomic E-state index is 10.4. The number of halogens is 3. The molecule has 0 bridgehead atoms. The quantitative estimate of drug-likeness (QED) is 0.432. The molecule has 0 fully saturated rings. The van der Waals surface area contributed by atoms with Crippen LogP contribution in [0.4, 0.5) is 13.2 Å². The fourth-order valence-electron chi connectivity index (χ4n) is 0. The summed E-state index contributed by atoms with van der Waals surface area (Å²) in [6.07, 6.45) is -4.00. The summed E-state index contributed by atoms with van der Waals surface area (Å²) in [7, 11) is 0. The van der Waals surface area contributed by atoms with Gasteiger partial charge in [-0.2, -0.15) is 13.2 Å². The van der Waals surface area contributed by atoms with Crippen molar-refractivity contribution in [1.29, 1.82) is 0 Å². The van der Waals surface area contributed by atoms with Gasteiger partial charge in [0.25, 0.3) is 0 Å². The molecule has 0 unspecified atom stereocenters. The first-order chi connectivity index (χ1) is 2.00. The number of hydrogen-bond acceptors (Lipinski definition) is 0. The Labute approximate surface area is 33.1 Å². The van der Waals surface area contributed by atoms with Crippen LogP contribution in [0.15, 0.2) is 0 Å². The number of rotatable bonds is 0. The second-order valence-corrected chi connectivity index (χ2v) is 0.781. The average molecular weight is 102 g/mol. The zero-order valence-corrected chi connectivity index (χ0v) is 3.13. The minimum Gasteiger partial charge on any atom is -0.412 e. The Balaban J connectivity index is 0. The van der Waals surface area contributed by atoms with Gasteiger partial charge in [0.05, 0.1) is 0 Å². The third-order valence-electron chi connectivity index (χ3n) is 0. The summed E-state index contributed by atoms with van der Waals surface area (Å²) in [6, 6.07) is 0. The van der Waals surface area contributed by atoms with Crippen LogP contribution in [0.3, 0.4) is 0 Å². The smallest absolute Gasteiger partial charge is 0.386 e. The van der Waals surface area contributed by atoms with E-state index < -0.39 is 6.18 Å². The van der Waals surface area contributed by atoms with Gasteiger partial charge in [0, 0.05) is 6.92 Å². The Morgan fingerprint density at radius 2 is 1.17 bits per heavy atom. The highest BCUT2D eigenvalue weighted by Gasteiger charge is 2.15. The molecular weight excluding hydrogens is 97.0 g/mol. The topological polar surface area (TPSA) is 31.5 Å². The standard InChI is InChI=1S/C2H3F3.H2O/c1-2(3,4)5;/h1H3;1H2. The first kappa shape index (κ1) is 9.23. The maximum Gasteiger partial charge on any atom is 0.386 e. The predicted molar refractivity (Wildman–Crippen MR) is 15.3 cm³/mol. The molecule has 0 saturated heterocycles. The zero-order valence-electron chi connectivity index (χ0n) is 3.13. The van der Waals surface area contributed by atoms with Crippen LogP contribution in [0.2, 0.25) is 0 Å². The summed E-state index contributed by atoms with van der Waals surface area (Å²) in [4.78, 5) is 0. The average Bonchev–Trinajstić information content (AvgIpc) is 0.722. The van der Waals surface area contributed by atoms with Crippen molar-refractivity contribution >= 4 is 0 Å². The molecule has 0 aromatic carbocycles. The Bertz CT molecular complexity index is 24.3. The lowest BCUT2D eigenvalue weighted by Crippen LogP contribution is -1.95. The fourth-order valence-corrected chi connectivity index (χ4v) is 0. The highest BCUT2D eigenvalue weighted by molar-refractivity contribution is 4.26. The molecule has 0 aromatic rings. The largest absolute Gasteiger partial charge is 0.412 e. The van der Waals surface area contributed by atoms with Crippen LogP contribution in [0.25, 0.3) is 0 Å². The fraction of sp³-hybridized carbons (Fsp3) is 1.00. The van der Waals surface area contributed by atoms with E-state index in [1.165, 1.54) is 0 Å². The van der Waals surface area contributed by atoms with E-state index >= 15 is 0 Å². The molecule has 0 rings (SSSR count). The molecule has 4 heteroatoms. The molecule has 0 aliphatic heterocycles. The Morgan fingerprint density at radius 3 is 1.17 bits per heavy atom. The third kappa shape index (κ3) is 454. The van der Waals surface area contributed by atoms with Crippen LogP contribution in [-0.4, -0.2) is 11.7 Å². The Hall–Kier alpha value is -0.250. The van der Waals surface area contributed by atoms with Crippen molar-refractivity contribution in [2.45, 2.75) is 13.1 Å². The van der Waals surface area contributed by atoms with E-state index in [9.17, 15) is 13.2 Å². The molecule has 0 aliphatic carbocycles. The van der Waals surface area contributed by atoms with Crippen molar-refractivity contribution < 1.29 is 18.6 Å². The lowest BCUT2D eigenvalue weighted by Gasteiger charge is -1.88. The maximum atomic E-state index is 10.4. The summed E-state index contributed by atoms with van der Waals surface area (Å²) in [5.41, 5.74) is 0. The lowest BCUT2D eigenvalue weighted by molar-refractivity contribution is -0.110. The molecule has 0 saturated carbocycles. The lowest BCUT2D eigenvalue weighted by atomic mass is 10.8. The molecule has 0 heterocycles. The summed E-state index contributed by atoms with van der Waals surface area (Å²) in [5, 5.41) is 0. The minimum atomic E-state index is -4.00. The van der Waals surface area contributed by atoms with Gasteiger partial charge in [-0.1, -0.05) is 0 Å². The molecule has 0 aliphatic rings. The van der Waals surface area contributed by atoms with Crippen molar-refractivity contribution in [2.24, 2.45) is 0 Å². The summed E-state index contributed by atoms with van der Waals surface area (Å²) >= 11 is 0. The van der Waals surface area contributed by atoms with Crippen LogP contribution in [0.5, 0.6) is 0 Å². The van der Waals surface area contributed by atoms with Gasteiger partial charge in [0.1, 0.15) is 0 Å². The van der Waals surface area contributed by atoms with E-state index in [2.05, 4.69) is 0 Å². The molecule has 0 spiro atoms. The van der Waals surface area contributed by atoms with Crippen molar-refractivity contribution in [1.82, 2.24) is 0 Å². The van der Waals surface area contributed by atoms with Crippen molar-refractivity contribution in [3.8, 4) is 0 Å². The van der Waals surface area contributed by atoms with Crippen LogP contribution in [0.1, 0.15) is 6.92 Å². The highest BCUT2D eigenvalue weighted by Crippen LogP contribution is 2.10. The molecule has 0 amide bonds. The molecular formula is C2H5F3O. The molecule has 0 atom stereocenters. The van der Waals surface area contributed by atoms with E-state index in [4.69, 9.17) is 0 Å². The van der Waals surface area contributed by atoms with E-state index in [0.717, 1.165) is 0 Å². The second-order valence-electron chi connectivity index (χ2n) is 0.781. The van der Waals surface area contributed by atoms with Crippen LogP contribution in [0, 0.1) is 0 Å². The predicted octanol–water partition coefficient (Wildman–Crippen LogP) is 0.744. The molecule has 2 N–H and O–H groups in total. The first-order valence-electron chi connectivity index (χ1n) is 1.07. The summed E-state index contributed by atoms with van der Waals surface area (Å²) in [5.74, 6) is 0.